The van der Waals surface area contributed by atoms with Gasteiger partial charge in [-0.15, -0.1) is 0 Å². The Morgan fingerprint density at radius 2 is 2.33 bits per heavy atom. The summed E-state index contributed by atoms with van der Waals surface area (Å²) in [6.45, 7) is 2.21. The van der Waals surface area contributed by atoms with Crippen molar-refractivity contribution in [1.29, 1.82) is 5.26 Å². The van der Waals surface area contributed by atoms with Gasteiger partial charge in [0, 0.05) is 0 Å². The molecule has 0 aromatic rings. The average molecular weight is 199 g/mol. The van der Waals surface area contributed by atoms with Crippen LogP contribution in [0.1, 0.15) is 32.6 Å². The van der Waals surface area contributed by atoms with Crippen molar-refractivity contribution in [2.24, 2.45) is 11.8 Å². The molecule has 2 aliphatic rings. The predicted octanol–water partition coefficient (Wildman–Crippen LogP) is 3.76. The second kappa shape index (κ2) is 4.49. The molecule has 2 rings (SSSR count). The van der Waals surface area contributed by atoms with Gasteiger partial charge in [-0.05, 0) is 38.5 Å². The van der Waals surface area contributed by atoms with E-state index in [0.29, 0.717) is 5.92 Å². The second-order valence-electron chi connectivity index (χ2n) is 4.59. The molecule has 0 fully saturated rings. The van der Waals surface area contributed by atoms with Crippen molar-refractivity contribution in [2.45, 2.75) is 32.6 Å². The minimum absolute atomic E-state index is 0.108. The third-order valence-electron chi connectivity index (χ3n) is 3.44. The molecule has 1 heteroatoms. The highest BCUT2D eigenvalue weighted by Gasteiger charge is 2.20. The maximum atomic E-state index is 8.91. The van der Waals surface area contributed by atoms with Gasteiger partial charge in [-0.2, -0.15) is 5.26 Å². The molecule has 2 aliphatic carbocycles. The van der Waals surface area contributed by atoms with Crippen molar-refractivity contribution < 1.29 is 0 Å². The molecule has 15 heavy (non-hydrogen) atoms. The highest BCUT2D eigenvalue weighted by molar-refractivity contribution is 5.26. The molecule has 0 N–H and O–H groups in total. The zero-order chi connectivity index (χ0) is 10.7. The zero-order valence-electron chi connectivity index (χ0n) is 9.24. The monoisotopic (exact) mass is 199 g/mol. The maximum Gasteiger partial charge on any atom is 0.0700 e. The van der Waals surface area contributed by atoms with E-state index >= 15 is 0 Å². The van der Waals surface area contributed by atoms with Crippen LogP contribution in [-0.4, -0.2) is 0 Å². The highest BCUT2D eigenvalue weighted by Crippen LogP contribution is 2.33. The molecule has 0 amide bonds. The molecule has 1 unspecified atom stereocenters. The highest BCUT2D eigenvalue weighted by atomic mass is 14.3. The van der Waals surface area contributed by atoms with Crippen LogP contribution in [0.5, 0.6) is 0 Å². The van der Waals surface area contributed by atoms with E-state index in [9.17, 15) is 0 Å². The van der Waals surface area contributed by atoms with Gasteiger partial charge in [0.1, 0.15) is 0 Å². The number of allylic oxidation sites excluding steroid dienone is 6. The van der Waals surface area contributed by atoms with Gasteiger partial charge in [0.15, 0.2) is 0 Å². The van der Waals surface area contributed by atoms with Crippen LogP contribution in [0.4, 0.5) is 0 Å². The fraction of sp³-hybridized carbons (Fsp3) is 0.500. The summed E-state index contributed by atoms with van der Waals surface area (Å²) in [5.41, 5.74) is 3.00. The number of hydrogen-bond donors (Lipinski definition) is 0. The number of rotatable bonds is 1. The van der Waals surface area contributed by atoms with Crippen LogP contribution < -0.4 is 0 Å². The van der Waals surface area contributed by atoms with E-state index in [1.807, 2.05) is 6.08 Å². The number of hydrogen-bond acceptors (Lipinski definition) is 1. The normalized spacial score (nSPS) is 30.4. The Labute approximate surface area is 91.8 Å². The molecular weight excluding hydrogens is 182 g/mol. The van der Waals surface area contributed by atoms with Gasteiger partial charge < -0.3 is 0 Å². The van der Waals surface area contributed by atoms with Gasteiger partial charge in [-0.1, -0.05) is 35.5 Å². The third-order valence-corrected chi connectivity index (χ3v) is 3.44. The van der Waals surface area contributed by atoms with Crippen LogP contribution in [0.25, 0.3) is 0 Å². The minimum Gasteiger partial charge on any atom is -0.198 e. The van der Waals surface area contributed by atoms with E-state index in [4.69, 9.17) is 5.26 Å². The second-order valence-corrected chi connectivity index (χ2v) is 4.59. The summed E-state index contributed by atoms with van der Waals surface area (Å²) in [7, 11) is 0. The first kappa shape index (κ1) is 10.2. The van der Waals surface area contributed by atoms with Crippen molar-refractivity contribution in [3.63, 3.8) is 0 Å². The first-order valence-corrected chi connectivity index (χ1v) is 5.72. The summed E-state index contributed by atoms with van der Waals surface area (Å²) < 4.78 is 0. The molecular formula is C14H17N. The lowest BCUT2D eigenvalue weighted by Crippen LogP contribution is -2.12. The summed E-state index contributed by atoms with van der Waals surface area (Å²) in [6.07, 6.45) is 13.2. The standard InChI is InChI=1S/C14H17N/c1-11-5-7-13(8-6-11)14-4-2-3-12(9-14)10-15/h2-5,12-13H,6-9H2,1H3/t12?,13-/m0/s1. The average Bonchev–Trinajstić information content (AvgIpc) is 2.30. The van der Waals surface area contributed by atoms with Gasteiger partial charge in [-0.3, -0.25) is 0 Å². The van der Waals surface area contributed by atoms with Crippen LogP contribution in [0.15, 0.2) is 35.5 Å². The van der Waals surface area contributed by atoms with Gasteiger partial charge in [0.25, 0.3) is 0 Å². The Kier molecular flexibility index (Phi) is 3.06. The topological polar surface area (TPSA) is 23.8 Å². The van der Waals surface area contributed by atoms with Crippen molar-refractivity contribution in [2.75, 3.05) is 0 Å². The molecule has 0 aliphatic heterocycles. The molecule has 78 valence electrons. The summed E-state index contributed by atoms with van der Waals surface area (Å²) in [4.78, 5) is 0. The predicted molar refractivity (Wildman–Crippen MR) is 62.0 cm³/mol. The van der Waals surface area contributed by atoms with E-state index in [0.717, 1.165) is 6.42 Å². The molecule has 2 atom stereocenters. The zero-order valence-corrected chi connectivity index (χ0v) is 9.24. The third kappa shape index (κ3) is 2.39. The lowest BCUT2D eigenvalue weighted by Gasteiger charge is -2.25. The van der Waals surface area contributed by atoms with E-state index < -0.39 is 0 Å². The Morgan fingerprint density at radius 1 is 1.47 bits per heavy atom. The fourth-order valence-electron chi connectivity index (χ4n) is 2.40. The minimum atomic E-state index is 0.108. The SMILES string of the molecule is CC1=CC[C@H](C2=CC=CC(C#N)C2)CC1. The lowest BCUT2D eigenvalue weighted by atomic mass is 9.79. The molecule has 0 saturated carbocycles. The molecule has 0 bridgehead atoms. The van der Waals surface area contributed by atoms with Crippen LogP contribution in [0.2, 0.25) is 0 Å². The van der Waals surface area contributed by atoms with Crippen LogP contribution in [0, 0.1) is 23.2 Å². The van der Waals surface area contributed by atoms with Crippen LogP contribution in [0.3, 0.4) is 0 Å². The summed E-state index contributed by atoms with van der Waals surface area (Å²) in [6, 6.07) is 2.34. The number of nitriles is 1. The summed E-state index contributed by atoms with van der Waals surface area (Å²) in [5.74, 6) is 0.798. The first-order valence-electron chi connectivity index (χ1n) is 5.72. The van der Waals surface area contributed by atoms with Crippen molar-refractivity contribution in [3.05, 3.63) is 35.5 Å². The molecule has 0 aromatic heterocycles. The summed E-state index contributed by atoms with van der Waals surface area (Å²) in [5, 5.41) is 8.91. The summed E-state index contributed by atoms with van der Waals surface area (Å²) >= 11 is 0. The molecule has 1 nitrogen and oxygen atoms in total. The quantitative estimate of drug-likeness (QED) is 0.590. The van der Waals surface area contributed by atoms with E-state index in [1.54, 1.807) is 0 Å². The molecule has 0 saturated heterocycles. The first-order chi connectivity index (χ1) is 7.29. The Hall–Kier alpha value is -1.29. The van der Waals surface area contributed by atoms with Gasteiger partial charge >= 0.3 is 0 Å². The van der Waals surface area contributed by atoms with Crippen LogP contribution in [-0.2, 0) is 0 Å². The smallest absolute Gasteiger partial charge is 0.0700 e. The van der Waals surface area contributed by atoms with Crippen molar-refractivity contribution in [1.82, 2.24) is 0 Å². The fourth-order valence-corrected chi connectivity index (χ4v) is 2.40. The molecule has 0 spiro atoms. The van der Waals surface area contributed by atoms with Gasteiger partial charge in [0.2, 0.25) is 0 Å². The largest absolute Gasteiger partial charge is 0.198 e. The van der Waals surface area contributed by atoms with Crippen LogP contribution >= 0.6 is 0 Å². The van der Waals surface area contributed by atoms with Crippen molar-refractivity contribution >= 4 is 0 Å². The lowest BCUT2D eigenvalue weighted by molar-refractivity contribution is 0.510. The Balaban J connectivity index is 2.04. The van der Waals surface area contributed by atoms with Gasteiger partial charge in [-0.25, -0.2) is 0 Å². The van der Waals surface area contributed by atoms with Crippen molar-refractivity contribution in [3.8, 4) is 6.07 Å². The molecule has 0 radical (unpaired) electrons. The van der Waals surface area contributed by atoms with Gasteiger partial charge in [0.05, 0.1) is 12.0 Å². The number of nitrogens with zero attached hydrogens (tertiary/aromatic N) is 1. The molecule has 0 aromatic carbocycles. The maximum absolute atomic E-state index is 8.91. The van der Waals surface area contributed by atoms with E-state index in [-0.39, 0.29) is 5.92 Å². The Morgan fingerprint density at radius 3 is 3.00 bits per heavy atom. The van der Waals surface area contributed by atoms with E-state index in [2.05, 4.69) is 31.2 Å². The van der Waals surface area contributed by atoms with E-state index in [1.165, 1.54) is 30.4 Å². The molecule has 0 heterocycles. The Bertz CT molecular complexity index is 365.